The Morgan fingerprint density at radius 3 is 2.39 bits per heavy atom. The van der Waals surface area contributed by atoms with Gasteiger partial charge >= 0.3 is 5.97 Å². The van der Waals surface area contributed by atoms with E-state index in [1.54, 1.807) is 12.1 Å². The average molecular weight is 487 g/mol. The smallest absolute Gasteiger partial charge is 0.337 e. The van der Waals surface area contributed by atoms with Gasteiger partial charge in [-0.25, -0.2) is 13.2 Å². The van der Waals surface area contributed by atoms with Crippen LogP contribution >= 0.6 is 11.6 Å². The molecule has 0 spiro atoms. The zero-order chi connectivity index (χ0) is 24.0. The van der Waals surface area contributed by atoms with E-state index < -0.39 is 16.0 Å². The molecular weight excluding hydrogens is 464 g/mol. The molecule has 0 atom stereocenters. The zero-order valence-electron chi connectivity index (χ0n) is 18.1. The Morgan fingerprint density at radius 2 is 1.70 bits per heavy atom. The van der Waals surface area contributed by atoms with Crippen molar-refractivity contribution >= 4 is 39.2 Å². The Morgan fingerprint density at radius 1 is 1.00 bits per heavy atom. The van der Waals surface area contributed by atoms with Crippen molar-refractivity contribution in [3.63, 3.8) is 0 Å². The molecule has 7 nitrogen and oxygen atoms in total. The second kappa shape index (κ2) is 10.5. The fourth-order valence-electron chi connectivity index (χ4n) is 3.21. The van der Waals surface area contributed by atoms with Gasteiger partial charge in [0.2, 0.25) is 5.91 Å². The van der Waals surface area contributed by atoms with Crippen molar-refractivity contribution in [2.45, 2.75) is 24.8 Å². The van der Waals surface area contributed by atoms with Gasteiger partial charge in [-0.2, -0.15) is 0 Å². The number of ether oxygens (including phenoxy) is 1. The van der Waals surface area contributed by atoms with E-state index in [4.69, 9.17) is 16.3 Å². The molecule has 3 aromatic carbocycles. The number of carbonyl (C=O) groups is 2. The summed E-state index contributed by atoms with van der Waals surface area (Å²) in [5, 5.41) is 2.87. The average Bonchev–Trinajstić information content (AvgIpc) is 2.78. The number of sulfonamides is 1. The molecule has 0 bridgehead atoms. The maximum absolute atomic E-state index is 12.8. The van der Waals surface area contributed by atoms with E-state index in [1.165, 1.54) is 37.4 Å². The van der Waals surface area contributed by atoms with Crippen LogP contribution in [0.25, 0.3) is 0 Å². The third kappa shape index (κ3) is 6.34. The summed E-state index contributed by atoms with van der Waals surface area (Å²) in [6.07, 6.45) is 0.204. The van der Waals surface area contributed by atoms with Crippen LogP contribution in [0.3, 0.4) is 0 Å². The van der Waals surface area contributed by atoms with Crippen LogP contribution in [0, 0.1) is 6.92 Å². The Balaban J connectivity index is 1.81. The largest absolute Gasteiger partial charge is 0.465 e. The maximum Gasteiger partial charge on any atom is 0.337 e. The zero-order valence-corrected chi connectivity index (χ0v) is 19.7. The predicted octanol–water partition coefficient (Wildman–Crippen LogP) is 4.09. The van der Waals surface area contributed by atoms with Gasteiger partial charge in [0.15, 0.2) is 0 Å². The molecule has 0 aliphatic carbocycles. The van der Waals surface area contributed by atoms with E-state index in [9.17, 15) is 18.0 Å². The number of halogens is 1. The molecular formula is C24H23ClN2O5S. The highest BCUT2D eigenvalue weighted by atomic mass is 35.5. The monoisotopic (exact) mass is 486 g/mol. The second-order valence-corrected chi connectivity index (χ2v) is 9.38. The van der Waals surface area contributed by atoms with Crippen molar-refractivity contribution < 1.29 is 22.7 Å². The summed E-state index contributed by atoms with van der Waals surface area (Å²) < 4.78 is 32.8. The molecule has 33 heavy (non-hydrogen) atoms. The number of esters is 1. The molecule has 3 aromatic rings. The Bertz CT molecular complexity index is 1290. The van der Waals surface area contributed by atoms with E-state index in [0.29, 0.717) is 5.56 Å². The number of amides is 1. The number of carbonyl (C=O) groups excluding carboxylic acids is 2. The lowest BCUT2D eigenvalue weighted by atomic mass is 10.1. The number of aryl methyl sites for hydroxylation is 1. The number of hydrogen-bond acceptors (Lipinski definition) is 5. The molecule has 172 valence electrons. The SMILES string of the molecule is COC(=O)c1cc(CNC(=O)Cc2ccccc2C)cc(NS(=O)(=O)c2ccccc2Cl)c1. The van der Waals surface area contributed by atoms with E-state index >= 15 is 0 Å². The Kier molecular flexibility index (Phi) is 7.73. The first-order chi connectivity index (χ1) is 15.7. The molecule has 9 heteroatoms. The van der Waals surface area contributed by atoms with E-state index in [2.05, 4.69) is 10.0 Å². The summed E-state index contributed by atoms with van der Waals surface area (Å²) in [5.41, 5.74) is 2.72. The standard InChI is InChI=1S/C24H23ClN2O5S/c1-16-7-3-4-8-18(16)14-23(28)26-15-17-11-19(24(29)32-2)13-20(12-17)27-33(30,31)22-10-6-5-9-21(22)25/h3-13,27H,14-15H2,1-2H3,(H,26,28). The number of nitrogens with one attached hydrogen (secondary N) is 2. The van der Waals surface area contributed by atoms with Crippen molar-refractivity contribution in [2.75, 3.05) is 11.8 Å². The molecule has 0 heterocycles. The van der Waals surface area contributed by atoms with Crippen molar-refractivity contribution in [1.29, 1.82) is 0 Å². The molecule has 0 saturated carbocycles. The highest BCUT2D eigenvalue weighted by Crippen LogP contribution is 2.25. The van der Waals surface area contributed by atoms with Crippen LogP contribution in [0.15, 0.2) is 71.6 Å². The summed E-state index contributed by atoms with van der Waals surface area (Å²) in [5.74, 6) is -0.841. The van der Waals surface area contributed by atoms with Crippen molar-refractivity contribution in [1.82, 2.24) is 5.32 Å². The molecule has 2 N–H and O–H groups in total. The van der Waals surface area contributed by atoms with Gasteiger partial charge in [-0.05, 0) is 53.9 Å². The van der Waals surface area contributed by atoms with Crippen LogP contribution in [0.5, 0.6) is 0 Å². The minimum Gasteiger partial charge on any atom is -0.465 e. The molecule has 1 amide bonds. The van der Waals surface area contributed by atoms with E-state index in [1.807, 2.05) is 31.2 Å². The van der Waals surface area contributed by atoms with Crippen LogP contribution in [-0.2, 0) is 32.5 Å². The first-order valence-corrected chi connectivity index (χ1v) is 11.9. The van der Waals surface area contributed by atoms with Crippen molar-refractivity contribution in [3.05, 3.63) is 94.0 Å². The lowest BCUT2D eigenvalue weighted by Crippen LogP contribution is -2.25. The molecule has 0 aliphatic rings. The van der Waals surface area contributed by atoms with Gasteiger partial charge < -0.3 is 10.1 Å². The fourth-order valence-corrected chi connectivity index (χ4v) is 4.77. The van der Waals surface area contributed by atoms with Crippen LogP contribution in [0.1, 0.15) is 27.0 Å². The topological polar surface area (TPSA) is 102 Å². The quantitative estimate of drug-likeness (QED) is 0.467. The molecule has 0 radical (unpaired) electrons. The van der Waals surface area contributed by atoms with Crippen molar-refractivity contribution in [2.24, 2.45) is 0 Å². The highest BCUT2D eigenvalue weighted by molar-refractivity contribution is 7.92. The lowest BCUT2D eigenvalue weighted by Gasteiger charge is -2.13. The maximum atomic E-state index is 12.8. The predicted molar refractivity (Wildman–Crippen MR) is 127 cm³/mol. The van der Waals surface area contributed by atoms with Crippen molar-refractivity contribution in [3.8, 4) is 0 Å². The summed E-state index contributed by atoms with van der Waals surface area (Å²) >= 11 is 6.03. The molecule has 0 aromatic heterocycles. The second-order valence-electron chi connectivity index (χ2n) is 7.33. The normalized spacial score (nSPS) is 11.0. The van der Waals surface area contributed by atoms with Crippen LogP contribution in [0.4, 0.5) is 5.69 Å². The summed E-state index contributed by atoms with van der Waals surface area (Å²) in [6, 6.07) is 18.0. The first-order valence-electron chi connectivity index (χ1n) is 10.0. The third-order valence-corrected chi connectivity index (χ3v) is 6.78. The minimum absolute atomic E-state index is 0.0674. The Labute approximate surface area is 197 Å². The lowest BCUT2D eigenvalue weighted by molar-refractivity contribution is -0.120. The van der Waals surface area contributed by atoms with Crippen LogP contribution < -0.4 is 10.0 Å². The summed E-state index contributed by atoms with van der Waals surface area (Å²) in [4.78, 5) is 24.4. The number of anilines is 1. The van der Waals surface area contributed by atoms with Gasteiger partial charge in [0.1, 0.15) is 4.90 Å². The molecule has 0 aliphatic heterocycles. The third-order valence-electron chi connectivity index (χ3n) is 4.89. The number of methoxy groups -OCH3 is 1. The molecule has 0 unspecified atom stereocenters. The van der Waals surface area contributed by atoms with Crippen LogP contribution in [-0.4, -0.2) is 27.4 Å². The van der Waals surface area contributed by atoms with E-state index in [0.717, 1.165) is 11.1 Å². The summed E-state index contributed by atoms with van der Waals surface area (Å²) in [6.45, 7) is 2.02. The first kappa shape index (κ1) is 24.3. The molecule has 0 saturated heterocycles. The van der Waals surface area contributed by atoms with Gasteiger partial charge in [-0.15, -0.1) is 0 Å². The van der Waals surface area contributed by atoms with Gasteiger partial charge in [-0.1, -0.05) is 48.0 Å². The number of rotatable bonds is 8. The van der Waals surface area contributed by atoms with Gasteiger partial charge in [0.05, 0.1) is 29.8 Å². The van der Waals surface area contributed by atoms with Gasteiger partial charge in [0, 0.05) is 6.54 Å². The number of benzene rings is 3. The summed E-state index contributed by atoms with van der Waals surface area (Å²) in [7, 11) is -2.78. The molecule has 3 rings (SSSR count). The fraction of sp³-hybridized carbons (Fsp3) is 0.167. The minimum atomic E-state index is -4.01. The molecule has 0 fully saturated rings. The number of hydrogen-bond donors (Lipinski definition) is 2. The Hall–Kier alpha value is -3.36. The van der Waals surface area contributed by atoms with Gasteiger partial charge in [-0.3, -0.25) is 9.52 Å². The van der Waals surface area contributed by atoms with E-state index in [-0.39, 0.29) is 40.0 Å². The van der Waals surface area contributed by atoms with Gasteiger partial charge in [0.25, 0.3) is 10.0 Å². The van der Waals surface area contributed by atoms with Crippen LogP contribution in [0.2, 0.25) is 5.02 Å². The highest BCUT2D eigenvalue weighted by Gasteiger charge is 2.19.